The second-order valence-electron chi connectivity index (χ2n) is 4.55. The molecule has 0 bridgehead atoms. The summed E-state index contributed by atoms with van der Waals surface area (Å²) in [5, 5.41) is 3.61. The minimum atomic E-state index is 0.172. The molecule has 3 rings (SSSR count). The summed E-state index contributed by atoms with van der Waals surface area (Å²) in [5.41, 5.74) is 17.4. The Kier molecular flexibility index (Phi) is 3.68. The molecule has 0 fully saturated rings. The zero-order valence-electron chi connectivity index (χ0n) is 11.6. The molecule has 0 aliphatic rings. The van der Waals surface area contributed by atoms with E-state index in [9.17, 15) is 0 Å². The molecule has 0 saturated heterocycles. The number of hydrogen-bond donors (Lipinski definition) is 1. The van der Waals surface area contributed by atoms with E-state index in [1.54, 1.807) is 0 Å². The van der Waals surface area contributed by atoms with Gasteiger partial charge in [-0.25, -0.2) is 9.97 Å². The molecule has 0 spiro atoms. The van der Waals surface area contributed by atoms with E-state index in [-0.39, 0.29) is 11.6 Å². The molecule has 0 aliphatic heterocycles. The molecule has 0 radical (unpaired) electrons. The van der Waals surface area contributed by atoms with Gasteiger partial charge in [0.05, 0.1) is 5.69 Å². The number of nitrogen functional groups attached to an aromatic ring is 1. The number of nitrogens with two attached hydrogens (primary N) is 1. The highest BCUT2D eigenvalue weighted by Crippen LogP contribution is 2.32. The van der Waals surface area contributed by atoms with Crippen LogP contribution in [0.5, 0.6) is 0 Å². The predicted octanol–water partition coefficient (Wildman–Crippen LogP) is 4.33. The molecule has 1 aromatic heterocycles. The third-order valence-corrected chi connectivity index (χ3v) is 3.14. The fourth-order valence-electron chi connectivity index (χ4n) is 2.15. The van der Waals surface area contributed by atoms with Crippen LogP contribution in [0.4, 0.5) is 11.6 Å². The third-order valence-electron chi connectivity index (χ3n) is 3.14. The topological polar surface area (TPSA) is 101 Å². The Morgan fingerprint density at radius 2 is 1.36 bits per heavy atom. The Bertz CT molecular complexity index is 839. The lowest BCUT2D eigenvalue weighted by molar-refractivity contribution is 1.18. The number of aromatic nitrogens is 2. The van der Waals surface area contributed by atoms with Crippen LogP contribution in [0.25, 0.3) is 33.0 Å². The van der Waals surface area contributed by atoms with Gasteiger partial charge in [-0.15, -0.1) is 0 Å². The number of benzene rings is 2. The summed E-state index contributed by atoms with van der Waals surface area (Å²) in [6.07, 6.45) is 0. The van der Waals surface area contributed by atoms with E-state index in [0.717, 1.165) is 11.1 Å². The largest absolute Gasteiger partial charge is 0.382 e. The molecule has 0 amide bonds. The van der Waals surface area contributed by atoms with Crippen LogP contribution in [-0.4, -0.2) is 9.97 Å². The number of azide groups is 1. The molecule has 0 atom stereocenters. The van der Waals surface area contributed by atoms with Gasteiger partial charge in [0.25, 0.3) is 0 Å². The second kappa shape index (κ2) is 5.95. The van der Waals surface area contributed by atoms with Gasteiger partial charge in [0.15, 0.2) is 11.6 Å². The first-order valence-corrected chi connectivity index (χ1v) is 6.63. The van der Waals surface area contributed by atoms with Crippen molar-refractivity contribution in [2.75, 3.05) is 5.73 Å². The maximum atomic E-state index is 8.72. The predicted molar refractivity (Wildman–Crippen MR) is 86.1 cm³/mol. The van der Waals surface area contributed by atoms with Gasteiger partial charge in [-0.2, -0.15) is 0 Å². The van der Waals surface area contributed by atoms with Crippen LogP contribution in [0.15, 0.2) is 65.8 Å². The van der Waals surface area contributed by atoms with Crippen molar-refractivity contribution in [3.05, 3.63) is 71.1 Å². The van der Waals surface area contributed by atoms with E-state index >= 15 is 0 Å². The quantitative estimate of drug-likeness (QED) is 0.440. The zero-order valence-corrected chi connectivity index (χ0v) is 11.6. The van der Waals surface area contributed by atoms with E-state index in [1.165, 1.54) is 0 Å². The highest BCUT2D eigenvalue weighted by molar-refractivity contribution is 5.78. The molecule has 0 unspecified atom stereocenters. The van der Waals surface area contributed by atoms with Gasteiger partial charge in [-0.05, 0) is 10.6 Å². The average molecular weight is 288 g/mol. The van der Waals surface area contributed by atoms with Gasteiger partial charge in [-0.3, -0.25) is 0 Å². The van der Waals surface area contributed by atoms with Crippen LogP contribution >= 0.6 is 0 Å². The highest BCUT2D eigenvalue weighted by Gasteiger charge is 2.13. The Balaban J connectivity index is 2.25. The Morgan fingerprint density at radius 3 is 1.91 bits per heavy atom. The number of anilines is 1. The van der Waals surface area contributed by atoms with Crippen molar-refractivity contribution in [1.82, 2.24) is 9.97 Å². The van der Waals surface area contributed by atoms with Gasteiger partial charge >= 0.3 is 0 Å². The summed E-state index contributed by atoms with van der Waals surface area (Å²) in [5.74, 6) is 0.402. The lowest BCUT2D eigenvalue weighted by Gasteiger charge is -2.10. The molecule has 2 N–H and O–H groups in total. The lowest BCUT2D eigenvalue weighted by atomic mass is 10.1. The molecule has 22 heavy (non-hydrogen) atoms. The van der Waals surface area contributed by atoms with Gasteiger partial charge < -0.3 is 5.73 Å². The fraction of sp³-hybridized carbons (Fsp3) is 0. The highest BCUT2D eigenvalue weighted by atomic mass is 15.2. The zero-order chi connectivity index (χ0) is 15.4. The van der Waals surface area contributed by atoms with Crippen LogP contribution in [0.3, 0.4) is 0 Å². The fourth-order valence-corrected chi connectivity index (χ4v) is 2.15. The summed E-state index contributed by atoms with van der Waals surface area (Å²) in [6, 6.07) is 19.0. The molecule has 0 aliphatic carbocycles. The molecule has 106 valence electrons. The lowest BCUT2D eigenvalue weighted by Crippen LogP contribution is -1.99. The van der Waals surface area contributed by atoms with E-state index < -0.39 is 0 Å². The molecule has 2 aromatic carbocycles. The van der Waals surface area contributed by atoms with Crippen LogP contribution in [0.2, 0.25) is 0 Å². The number of nitrogens with zero attached hydrogens (tertiary/aromatic N) is 5. The molecule has 1 heterocycles. The van der Waals surface area contributed by atoms with Gasteiger partial charge in [0.1, 0.15) is 5.69 Å². The Hall–Kier alpha value is -3.37. The maximum Gasteiger partial charge on any atom is 0.155 e. The van der Waals surface area contributed by atoms with Crippen LogP contribution in [0.1, 0.15) is 0 Å². The summed E-state index contributed by atoms with van der Waals surface area (Å²) >= 11 is 0. The third kappa shape index (κ3) is 2.59. The van der Waals surface area contributed by atoms with Gasteiger partial charge in [-0.1, -0.05) is 60.7 Å². The van der Waals surface area contributed by atoms with Gasteiger partial charge in [0.2, 0.25) is 0 Å². The minimum Gasteiger partial charge on any atom is -0.382 e. The number of hydrogen-bond acceptors (Lipinski definition) is 4. The Morgan fingerprint density at radius 1 is 0.818 bits per heavy atom. The molecular weight excluding hydrogens is 276 g/mol. The first kappa shape index (κ1) is 13.6. The maximum absolute atomic E-state index is 8.72. The van der Waals surface area contributed by atoms with Crippen molar-refractivity contribution in [2.45, 2.75) is 0 Å². The summed E-state index contributed by atoms with van der Waals surface area (Å²) in [6.45, 7) is 0. The van der Waals surface area contributed by atoms with Gasteiger partial charge in [0, 0.05) is 16.0 Å². The SMILES string of the molecule is [N-]=[N+]=Nc1nc(N)c(-c2ccccc2)nc1-c1ccccc1. The molecule has 6 nitrogen and oxygen atoms in total. The second-order valence-corrected chi connectivity index (χ2v) is 4.55. The monoisotopic (exact) mass is 288 g/mol. The number of rotatable bonds is 3. The minimum absolute atomic E-state index is 0.172. The first-order chi connectivity index (χ1) is 10.8. The molecule has 3 aromatic rings. The molecule has 0 saturated carbocycles. The van der Waals surface area contributed by atoms with Crippen molar-refractivity contribution in [3.63, 3.8) is 0 Å². The summed E-state index contributed by atoms with van der Waals surface area (Å²) in [4.78, 5) is 11.6. The van der Waals surface area contributed by atoms with Crippen molar-refractivity contribution >= 4 is 11.6 Å². The van der Waals surface area contributed by atoms with E-state index in [0.29, 0.717) is 11.4 Å². The first-order valence-electron chi connectivity index (χ1n) is 6.63. The average Bonchev–Trinajstić information content (AvgIpc) is 2.57. The normalized spacial score (nSPS) is 10.0. The standard InChI is InChI=1S/C16H12N6/c17-15-13(11-7-3-1-4-8-11)19-14(16(20-15)21-22-18)12-9-5-2-6-10-12/h1-10H,(H2,17,20). The van der Waals surface area contributed by atoms with Crippen molar-refractivity contribution in [3.8, 4) is 22.5 Å². The van der Waals surface area contributed by atoms with Crippen LogP contribution in [-0.2, 0) is 0 Å². The van der Waals surface area contributed by atoms with Crippen LogP contribution < -0.4 is 5.73 Å². The summed E-state index contributed by atoms with van der Waals surface area (Å²) < 4.78 is 0. The van der Waals surface area contributed by atoms with Crippen molar-refractivity contribution in [2.24, 2.45) is 5.11 Å². The van der Waals surface area contributed by atoms with E-state index in [4.69, 9.17) is 11.3 Å². The Labute approximate surface area is 126 Å². The van der Waals surface area contributed by atoms with E-state index in [2.05, 4.69) is 20.0 Å². The van der Waals surface area contributed by atoms with Crippen LogP contribution in [0, 0.1) is 0 Å². The van der Waals surface area contributed by atoms with E-state index in [1.807, 2.05) is 60.7 Å². The molecule has 6 heteroatoms. The summed E-state index contributed by atoms with van der Waals surface area (Å²) in [7, 11) is 0. The van der Waals surface area contributed by atoms with Crippen molar-refractivity contribution in [1.29, 1.82) is 0 Å². The van der Waals surface area contributed by atoms with Crippen molar-refractivity contribution < 1.29 is 0 Å². The smallest absolute Gasteiger partial charge is 0.155 e. The molecular formula is C16H12N6.